The molecular weight excluding hydrogens is 812 g/mol. The maximum Gasteiger partial charge on any atom is 0.327 e. The molecule has 334 valence electrons. The second-order valence-corrected chi connectivity index (χ2v) is 13.0. The van der Waals surface area contributed by atoms with Crippen LogP contribution in [0.15, 0.2) is 0 Å². The standard InChI is InChI=1S/C31H54N12O15S/c1-36-11-13(35)24(50)37-14(2-5-21(44)45)25(51)40-17(8-32)28(54)38-15(3-6-22(46)47)26(52)41-18(9-33)29(55)39-16(4-7-23(48)49)27(53)42-19(10-34)30(56)43-20(12-59)31(57)58/h13-20,36,59H,2-12,32-35H2,1H3,(H,37,50)(H,38,54)(H,39,55)(H,40,51)(H,41,52)(H,42,53)(H,43,56)(H,44,45)(H,46,47)(H,48,49)(H,57,58)/t13-,14-,15-,16-,17-,18-,19-,20+/m0/s1. The van der Waals surface area contributed by atoms with Gasteiger partial charge in [-0.15, -0.1) is 0 Å². The third-order valence-corrected chi connectivity index (χ3v) is 8.37. The molecule has 0 rings (SSSR count). The van der Waals surface area contributed by atoms with E-state index in [0.29, 0.717) is 0 Å². The lowest BCUT2D eigenvalue weighted by atomic mass is 10.1. The lowest BCUT2D eigenvalue weighted by molar-refractivity contribution is -0.141. The number of thiol groups is 1. The van der Waals surface area contributed by atoms with Gasteiger partial charge in [0.1, 0.15) is 42.3 Å². The molecule has 0 aromatic heterocycles. The van der Waals surface area contributed by atoms with E-state index in [4.69, 9.17) is 28.0 Å². The Hall–Kier alpha value is -5.68. The number of amides is 7. The van der Waals surface area contributed by atoms with E-state index in [1.165, 1.54) is 7.05 Å². The molecule has 0 fully saturated rings. The molecule has 0 bridgehead atoms. The quantitative estimate of drug-likeness (QED) is 0.0298. The zero-order valence-corrected chi connectivity index (χ0v) is 32.8. The maximum atomic E-state index is 13.4. The summed E-state index contributed by atoms with van der Waals surface area (Å²) >= 11 is 3.82. The summed E-state index contributed by atoms with van der Waals surface area (Å²) in [5.41, 5.74) is 22.7. The topological polar surface area (TPSA) is 469 Å². The van der Waals surface area contributed by atoms with Gasteiger partial charge in [0.2, 0.25) is 41.4 Å². The summed E-state index contributed by atoms with van der Waals surface area (Å²) in [5.74, 6) is -13.5. The predicted molar refractivity (Wildman–Crippen MR) is 205 cm³/mol. The summed E-state index contributed by atoms with van der Waals surface area (Å²) in [4.78, 5) is 136. The van der Waals surface area contributed by atoms with Crippen molar-refractivity contribution in [2.75, 3.05) is 39.0 Å². The molecule has 0 saturated carbocycles. The van der Waals surface area contributed by atoms with E-state index < -0.39 is 172 Å². The minimum absolute atomic E-state index is 0.00947. The molecule has 0 spiro atoms. The first kappa shape index (κ1) is 53.3. The molecule has 0 heterocycles. The van der Waals surface area contributed by atoms with Gasteiger partial charge in [0.15, 0.2) is 0 Å². The van der Waals surface area contributed by atoms with Crippen molar-refractivity contribution >= 4 is 77.9 Å². The van der Waals surface area contributed by atoms with Crippen molar-refractivity contribution in [1.82, 2.24) is 42.5 Å². The Bertz CT molecular complexity index is 1520. The number of aliphatic carboxylic acids is 4. The van der Waals surface area contributed by atoms with Crippen molar-refractivity contribution in [3.63, 3.8) is 0 Å². The predicted octanol–water partition coefficient (Wildman–Crippen LogP) is -8.59. The van der Waals surface area contributed by atoms with Crippen LogP contribution in [0.4, 0.5) is 0 Å². The third-order valence-electron chi connectivity index (χ3n) is 8.00. The summed E-state index contributed by atoms with van der Waals surface area (Å²) in [6.07, 6.45) is -3.61. The Morgan fingerprint density at radius 2 is 0.712 bits per heavy atom. The molecule has 0 aromatic carbocycles. The van der Waals surface area contributed by atoms with Crippen molar-refractivity contribution in [3.8, 4) is 0 Å². The van der Waals surface area contributed by atoms with Crippen LogP contribution in [0.2, 0.25) is 0 Å². The highest BCUT2D eigenvalue weighted by molar-refractivity contribution is 7.80. The van der Waals surface area contributed by atoms with Crippen LogP contribution in [0.5, 0.6) is 0 Å². The molecule has 27 nitrogen and oxygen atoms in total. The Morgan fingerprint density at radius 1 is 0.458 bits per heavy atom. The molecule has 59 heavy (non-hydrogen) atoms. The van der Waals surface area contributed by atoms with Gasteiger partial charge in [-0.05, 0) is 26.3 Å². The van der Waals surface area contributed by atoms with Crippen molar-refractivity contribution in [1.29, 1.82) is 0 Å². The average molecular weight is 867 g/mol. The van der Waals surface area contributed by atoms with Crippen molar-refractivity contribution in [2.45, 2.75) is 86.9 Å². The van der Waals surface area contributed by atoms with Gasteiger partial charge in [0, 0.05) is 51.2 Å². The Kier molecular flexibility index (Phi) is 25.2. The molecule has 8 atom stereocenters. The van der Waals surface area contributed by atoms with Crippen LogP contribution >= 0.6 is 12.6 Å². The number of carbonyl (C=O) groups excluding carboxylic acids is 7. The Morgan fingerprint density at radius 3 is 0.949 bits per heavy atom. The van der Waals surface area contributed by atoms with E-state index in [9.17, 15) is 68.1 Å². The van der Waals surface area contributed by atoms with Crippen LogP contribution in [0.1, 0.15) is 38.5 Å². The third kappa shape index (κ3) is 20.5. The number of nitrogens with one attached hydrogen (secondary N) is 8. The average Bonchev–Trinajstić information content (AvgIpc) is 3.17. The smallest absolute Gasteiger partial charge is 0.327 e. The van der Waals surface area contributed by atoms with E-state index >= 15 is 0 Å². The molecule has 0 saturated heterocycles. The van der Waals surface area contributed by atoms with E-state index in [1.807, 2.05) is 0 Å². The van der Waals surface area contributed by atoms with Gasteiger partial charge in [-0.2, -0.15) is 12.6 Å². The first-order valence-electron chi connectivity index (χ1n) is 17.8. The van der Waals surface area contributed by atoms with Crippen LogP contribution in [0, 0.1) is 0 Å². The van der Waals surface area contributed by atoms with Crippen molar-refractivity contribution in [2.24, 2.45) is 22.9 Å². The molecule has 0 aliphatic carbocycles. The Labute approximate surface area is 342 Å². The van der Waals surface area contributed by atoms with Crippen molar-refractivity contribution < 1.29 is 73.2 Å². The number of carboxylic acids is 4. The molecular formula is C31H54N12O15S. The van der Waals surface area contributed by atoms with E-state index in [2.05, 4.69) is 55.2 Å². The normalized spacial score (nSPS) is 14.9. The fraction of sp³-hybridized carbons (Fsp3) is 0.645. The monoisotopic (exact) mass is 866 g/mol. The SMILES string of the molecule is CNC[C@H](N)C(=O)N[C@@H](CCC(=O)O)C(=O)N[C@@H](CN)C(=O)N[C@@H](CCC(=O)O)C(=O)N[C@@H](CN)C(=O)N[C@@H](CCC(=O)O)C(=O)N[C@@H](CN)C(=O)N[C@H](CS)C(=O)O. The van der Waals surface area contributed by atoms with E-state index in [-0.39, 0.29) is 12.3 Å². The molecule has 7 amide bonds. The molecule has 28 heteroatoms. The van der Waals surface area contributed by atoms with Gasteiger partial charge in [0.25, 0.3) is 0 Å². The van der Waals surface area contributed by atoms with Gasteiger partial charge < -0.3 is 85.9 Å². The minimum Gasteiger partial charge on any atom is -0.481 e. The lowest BCUT2D eigenvalue weighted by Crippen LogP contribution is -2.62. The largest absolute Gasteiger partial charge is 0.481 e. The summed E-state index contributed by atoms with van der Waals surface area (Å²) in [5, 5.41) is 54.8. The van der Waals surface area contributed by atoms with Gasteiger partial charge >= 0.3 is 23.9 Å². The number of likely N-dealkylation sites (N-methyl/N-ethyl adjacent to an activating group) is 1. The molecule has 0 aliphatic rings. The first-order valence-corrected chi connectivity index (χ1v) is 18.4. The minimum atomic E-state index is -1.74. The van der Waals surface area contributed by atoms with Gasteiger partial charge in [-0.1, -0.05) is 0 Å². The second kappa shape index (κ2) is 27.9. The van der Waals surface area contributed by atoms with E-state index in [0.717, 1.165) is 0 Å². The fourth-order valence-corrected chi connectivity index (χ4v) is 4.96. The number of carboxylic acid groups (broad SMARTS) is 4. The van der Waals surface area contributed by atoms with Gasteiger partial charge in [-0.3, -0.25) is 47.9 Å². The van der Waals surface area contributed by atoms with Gasteiger partial charge in [-0.25, -0.2) is 4.79 Å². The second-order valence-electron chi connectivity index (χ2n) is 12.6. The number of nitrogens with two attached hydrogens (primary N) is 4. The number of carbonyl (C=O) groups is 11. The summed E-state index contributed by atoms with van der Waals surface area (Å²) < 4.78 is 0. The highest BCUT2D eigenvalue weighted by Crippen LogP contribution is 2.05. The number of hydrogen-bond acceptors (Lipinski definition) is 17. The summed E-state index contributed by atoms with van der Waals surface area (Å²) in [6, 6.07) is -12.5. The number of rotatable bonds is 30. The van der Waals surface area contributed by atoms with Crippen LogP contribution in [0.25, 0.3) is 0 Å². The zero-order chi connectivity index (χ0) is 45.4. The maximum absolute atomic E-state index is 13.4. The zero-order valence-electron chi connectivity index (χ0n) is 31.9. The van der Waals surface area contributed by atoms with Gasteiger partial charge in [0.05, 0.1) is 6.04 Å². The highest BCUT2D eigenvalue weighted by Gasteiger charge is 2.34. The lowest BCUT2D eigenvalue weighted by Gasteiger charge is -2.27. The Balaban J connectivity index is 6.14. The van der Waals surface area contributed by atoms with Crippen LogP contribution in [0.3, 0.4) is 0 Å². The van der Waals surface area contributed by atoms with Crippen LogP contribution < -0.4 is 65.5 Å². The fourth-order valence-electron chi connectivity index (χ4n) is 4.72. The van der Waals surface area contributed by atoms with Crippen molar-refractivity contribution in [3.05, 3.63) is 0 Å². The molecule has 0 unspecified atom stereocenters. The van der Waals surface area contributed by atoms with Crippen LogP contribution in [-0.2, 0) is 52.7 Å². The molecule has 0 aromatic rings. The first-order chi connectivity index (χ1) is 27.6. The molecule has 0 radical (unpaired) electrons. The van der Waals surface area contributed by atoms with E-state index in [1.54, 1.807) is 0 Å². The summed E-state index contributed by atoms with van der Waals surface area (Å²) in [6.45, 7) is -1.88. The van der Waals surface area contributed by atoms with Crippen LogP contribution in [-0.4, -0.2) is 173 Å². The highest BCUT2D eigenvalue weighted by atomic mass is 32.1. The summed E-state index contributed by atoms with van der Waals surface area (Å²) in [7, 11) is 1.50. The molecule has 20 N–H and O–H groups in total. The number of hydrogen-bond donors (Lipinski definition) is 17. The molecule has 0 aliphatic heterocycles.